The second kappa shape index (κ2) is 8.68. The van der Waals surface area contributed by atoms with Crippen molar-refractivity contribution in [2.75, 3.05) is 0 Å². The molecule has 1 N–H and O–H groups in total. The number of carbonyl (C=O) groups excluding carboxylic acids is 2. The number of fused-ring (bicyclic) bond motifs is 1. The summed E-state index contributed by atoms with van der Waals surface area (Å²) < 4.78 is 16.0. The molecule has 0 bridgehead atoms. The van der Waals surface area contributed by atoms with Gasteiger partial charge in [-0.3, -0.25) is 0 Å². The summed E-state index contributed by atoms with van der Waals surface area (Å²) >= 11 is 0. The lowest BCUT2D eigenvalue weighted by atomic mass is 9.99. The summed E-state index contributed by atoms with van der Waals surface area (Å²) in [4.78, 5) is 36.8. The van der Waals surface area contributed by atoms with Crippen LogP contribution < -0.4 is 15.7 Å². The Morgan fingerprint density at radius 1 is 1.17 bits per heavy atom. The Kier molecular flexibility index (Phi) is 6.72. The molecule has 2 atom stereocenters. The van der Waals surface area contributed by atoms with Gasteiger partial charge in [0.2, 0.25) is 0 Å². The van der Waals surface area contributed by atoms with Crippen molar-refractivity contribution in [3.8, 4) is 5.75 Å². The van der Waals surface area contributed by atoms with Crippen LogP contribution in [0.5, 0.6) is 5.75 Å². The second-order valence-corrected chi connectivity index (χ2v) is 8.23. The number of hydrogen-bond acceptors (Lipinski definition) is 6. The van der Waals surface area contributed by atoms with Crippen molar-refractivity contribution in [3.63, 3.8) is 0 Å². The number of rotatable bonds is 5. The van der Waals surface area contributed by atoms with Gasteiger partial charge in [0.1, 0.15) is 23.0 Å². The van der Waals surface area contributed by atoms with E-state index in [1.54, 1.807) is 39.8 Å². The average molecular weight is 403 g/mol. The fraction of sp³-hybridized carbons (Fsp3) is 0.500. The number of ether oxygens (including phenoxy) is 2. The van der Waals surface area contributed by atoms with E-state index in [1.807, 2.05) is 20.8 Å². The van der Waals surface area contributed by atoms with Gasteiger partial charge in [-0.15, -0.1) is 0 Å². The number of aryl methyl sites for hydroxylation is 1. The van der Waals surface area contributed by atoms with Crippen LogP contribution in [0.1, 0.15) is 52.2 Å². The normalized spacial score (nSPS) is 13.6. The maximum Gasteiger partial charge on any atom is 0.408 e. The molecule has 0 unspecified atom stereocenters. The van der Waals surface area contributed by atoms with E-state index in [-0.39, 0.29) is 11.7 Å². The van der Waals surface area contributed by atoms with Gasteiger partial charge in [0, 0.05) is 17.0 Å². The van der Waals surface area contributed by atoms with Crippen LogP contribution in [0.3, 0.4) is 0 Å². The molecular weight excluding hydrogens is 374 g/mol. The first-order valence-electron chi connectivity index (χ1n) is 9.68. The van der Waals surface area contributed by atoms with Gasteiger partial charge in [0.15, 0.2) is 0 Å². The Hall–Kier alpha value is -2.83. The number of alkyl carbamates (subject to hydrolysis) is 1. The lowest BCUT2D eigenvalue weighted by Gasteiger charge is -2.25. The summed E-state index contributed by atoms with van der Waals surface area (Å²) in [7, 11) is 0. The van der Waals surface area contributed by atoms with Gasteiger partial charge < -0.3 is 19.2 Å². The first-order chi connectivity index (χ1) is 13.4. The molecule has 0 saturated carbocycles. The standard InChI is InChI=1S/C22H29NO6/c1-8-12(2)18(23-21(26)29-22(5,6)7)20(25)27-15-9-10-16-13(3)14(4)19(24)28-17(16)11-15/h9-12,18H,8H2,1-7H3,(H,23,26)/t12-,18+/m1/s1. The molecule has 7 nitrogen and oxygen atoms in total. The monoisotopic (exact) mass is 403 g/mol. The van der Waals surface area contributed by atoms with Gasteiger partial charge in [-0.2, -0.15) is 0 Å². The van der Waals surface area contributed by atoms with Crippen molar-refractivity contribution in [2.45, 2.75) is 66.5 Å². The molecule has 0 radical (unpaired) electrons. The van der Waals surface area contributed by atoms with Gasteiger partial charge in [-0.25, -0.2) is 14.4 Å². The number of amides is 1. The van der Waals surface area contributed by atoms with E-state index in [0.29, 0.717) is 17.6 Å². The van der Waals surface area contributed by atoms with Crippen molar-refractivity contribution < 1.29 is 23.5 Å². The van der Waals surface area contributed by atoms with E-state index in [2.05, 4.69) is 5.32 Å². The zero-order chi connectivity index (χ0) is 21.9. The Balaban J connectivity index is 2.25. The molecule has 29 heavy (non-hydrogen) atoms. The highest BCUT2D eigenvalue weighted by Gasteiger charge is 2.30. The SMILES string of the molecule is CC[C@@H](C)[C@H](NC(=O)OC(C)(C)C)C(=O)Oc1ccc2c(C)c(C)c(=O)oc2c1. The number of benzene rings is 1. The zero-order valence-corrected chi connectivity index (χ0v) is 18.0. The van der Waals surface area contributed by atoms with Gasteiger partial charge in [-0.05, 0) is 58.2 Å². The summed E-state index contributed by atoms with van der Waals surface area (Å²) in [5.74, 6) is -0.553. The van der Waals surface area contributed by atoms with Crippen LogP contribution in [0.4, 0.5) is 4.79 Å². The van der Waals surface area contributed by atoms with Crippen LogP contribution in [0.25, 0.3) is 11.0 Å². The molecule has 0 saturated heterocycles. The second-order valence-electron chi connectivity index (χ2n) is 8.23. The van der Waals surface area contributed by atoms with Crippen molar-refractivity contribution >= 4 is 23.0 Å². The van der Waals surface area contributed by atoms with Crippen LogP contribution >= 0.6 is 0 Å². The quantitative estimate of drug-likeness (QED) is 0.455. The Bertz CT molecular complexity index is 970. The zero-order valence-electron chi connectivity index (χ0n) is 18.0. The van der Waals surface area contributed by atoms with E-state index < -0.39 is 29.3 Å². The smallest absolute Gasteiger partial charge is 0.408 e. The third-order valence-electron chi connectivity index (χ3n) is 4.79. The van der Waals surface area contributed by atoms with Crippen molar-refractivity contribution in [2.24, 2.45) is 5.92 Å². The summed E-state index contributed by atoms with van der Waals surface area (Å²) in [6.07, 6.45) is -0.0314. The summed E-state index contributed by atoms with van der Waals surface area (Å²) in [5, 5.41) is 3.37. The molecule has 2 rings (SSSR count). The van der Waals surface area contributed by atoms with Crippen molar-refractivity contribution in [1.82, 2.24) is 5.32 Å². The molecular formula is C22H29NO6. The molecule has 1 amide bonds. The number of carbonyl (C=O) groups is 2. The molecule has 0 aliphatic heterocycles. The summed E-state index contributed by atoms with van der Waals surface area (Å²) in [6, 6.07) is 4.00. The largest absolute Gasteiger partial charge is 0.444 e. The fourth-order valence-corrected chi connectivity index (χ4v) is 2.78. The van der Waals surface area contributed by atoms with Crippen LogP contribution in [-0.2, 0) is 9.53 Å². The number of hydrogen-bond donors (Lipinski definition) is 1. The predicted octanol–water partition coefficient (Wildman–Crippen LogP) is 4.25. The highest BCUT2D eigenvalue weighted by atomic mass is 16.6. The van der Waals surface area contributed by atoms with Crippen molar-refractivity contribution in [3.05, 3.63) is 39.7 Å². The predicted molar refractivity (Wildman–Crippen MR) is 110 cm³/mol. The molecule has 7 heteroatoms. The molecule has 0 fully saturated rings. The van der Waals surface area contributed by atoms with E-state index in [0.717, 1.165) is 10.9 Å². The Morgan fingerprint density at radius 3 is 2.41 bits per heavy atom. The van der Waals surface area contributed by atoms with Gasteiger partial charge in [0.25, 0.3) is 0 Å². The number of nitrogens with one attached hydrogen (secondary N) is 1. The van der Waals surface area contributed by atoms with E-state index in [1.165, 1.54) is 6.07 Å². The molecule has 2 aromatic rings. The molecule has 158 valence electrons. The molecule has 1 aromatic carbocycles. The van der Waals surface area contributed by atoms with Crippen LogP contribution in [0.2, 0.25) is 0 Å². The molecule has 0 aliphatic carbocycles. The van der Waals surface area contributed by atoms with Crippen molar-refractivity contribution in [1.29, 1.82) is 0 Å². The van der Waals surface area contributed by atoms with Gasteiger partial charge in [0.05, 0.1) is 0 Å². The summed E-state index contributed by atoms with van der Waals surface area (Å²) in [6.45, 7) is 12.5. The Morgan fingerprint density at radius 2 is 1.83 bits per heavy atom. The average Bonchev–Trinajstić information content (AvgIpc) is 2.62. The Labute approximate surface area is 170 Å². The lowest BCUT2D eigenvalue weighted by molar-refractivity contribution is -0.138. The topological polar surface area (TPSA) is 94.8 Å². The van der Waals surface area contributed by atoms with Gasteiger partial charge in [-0.1, -0.05) is 20.3 Å². The van der Waals surface area contributed by atoms with E-state index >= 15 is 0 Å². The highest BCUT2D eigenvalue weighted by Crippen LogP contribution is 2.24. The molecule has 0 aliphatic rings. The minimum Gasteiger partial charge on any atom is -0.444 e. The first kappa shape index (κ1) is 22.5. The van der Waals surface area contributed by atoms with Gasteiger partial charge >= 0.3 is 17.7 Å². The molecule has 1 heterocycles. The third-order valence-corrected chi connectivity index (χ3v) is 4.79. The van der Waals surface area contributed by atoms with Crippen LogP contribution in [0.15, 0.2) is 27.4 Å². The maximum atomic E-state index is 12.8. The number of esters is 1. The van der Waals surface area contributed by atoms with E-state index in [4.69, 9.17) is 13.9 Å². The minimum atomic E-state index is -0.877. The van der Waals surface area contributed by atoms with E-state index in [9.17, 15) is 14.4 Å². The molecule has 0 spiro atoms. The fourth-order valence-electron chi connectivity index (χ4n) is 2.78. The maximum absolute atomic E-state index is 12.8. The first-order valence-corrected chi connectivity index (χ1v) is 9.68. The minimum absolute atomic E-state index is 0.168. The van der Waals surface area contributed by atoms with Crippen LogP contribution in [-0.4, -0.2) is 23.7 Å². The van der Waals surface area contributed by atoms with Crippen LogP contribution in [0, 0.1) is 19.8 Å². The molecule has 1 aromatic heterocycles. The summed E-state index contributed by atoms with van der Waals surface area (Å²) in [5.41, 5.74) is 0.588. The highest BCUT2D eigenvalue weighted by molar-refractivity contribution is 5.86. The third kappa shape index (κ3) is 5.59. The lowest BCUT2D eigenvalue weighted by Crippen LogP contribution is -2.48.